The average Bonchev–Trinajstić information content (AvgIpc) is 2.48. The van der Waals surface area contributed by atoms with Gasteiger partial charge in [0.1, 0.15) is 5.82 Å². The first-order valence-electron chi connectivity index (χ1n) is 4.42. The molecule has 0 aromatic heterocycles. The second kappa shape index (κ2) is 3.31. The molecule has 2 amide bonds. The molecule has 2 rings (SSSR count). The minimum atomic E-state index is -0.394. The van der Waals surface area contributed by atoms with Gasteiger partial charge in [-0.25, -0.2) is 9.29 Å². The fourth-order valence-corrected chi connectivity index (χ4v) is 1.51. The molecule has 4 heteroatoms. The quantitative estimate of drug-likeness (QED) is 0.652. The number of amides is 2. The molecule has 0 aliphatic carbocycles. The van der Waals surface area contributed by atoms with Gasteiger partial charge in [-0.05, 0) is 30.7 Å². The Morgan fingerprint density at radius 1 is 1.13 bits per heavy atom. The molecule has 0 N–H and O–H groups in total. The number of imide groups is 1. The average molecular weight is 205 g/mol. The van der Waals surface area contributed by atoms with E-state index in [-0.39, 0.29) is 5.82 Å². The van der Waals surface area contributed by atoms with Crippen molar-refractivity contribution in [1.29, 1.82) is 0 Å². The maximum absolute atomic E-state index is 12.8. The van der Waals surface area contributed by atoms with E-state index in [1.165, 1.54) is 30.4 Å². The van der Waals surface area contributed by atoms with Crippen LogP contribution in [0.15, 0.2) is 30.4 Å². The molecule has 3 nitrogen and oxygen atoms in total. The lowest BCUT2D eigenvalue weighted by Crippen LogP contribution is -2.30. The molecule has 1 aliphatic rings. The monoisotopic (exact) mass is 205 g/mol. The van der Waals surface area contributed by atoms with Gasteiger partial charge in [0, 0.05) is 12.2 Å². The third-order valence-electron chi connectivity index (χ3n) is 2.21. The molecule has 0 unspecified atom stereocenters. The van der Waals surface area contributed by atoms with E-state index in [0.717, 1.165) is 4.90 Å². The first-order chi connectivity index (χ1) is 7.09. The number of rotatable bonds is 1. The van der Waals surface area contributed by atoms with Crippen LogP contribution in [0.3, 0.4) is 0 Å². The molecule has 0 atom stereocenters. The van der Waals surface area contributed by atoms with Gasteiger partial charge in [0.2, 0.25) is 0 Å². The van der Waals surface area contributed by atoms with Gasteiger partial charge in [-0.15, -0.1) is 0 Å². The van der Waals surface area contributed by atoms with Crippen LogP contribution in [-0.4, -0.2) is 11.8 Å². The number of hydrogen-bond acceptors (Lipinski definition) is 2. The van der Waals surface area contributed by atoms with Crippen LogP contribution >= 0.6 is 0 Å². The smallest absolute Gasteiger partial charge is 0.258 e. The topological polar surface area (TPSA) is 37.4 Å². The van der Waals surface area contributed by atoms with E-state index >= 15 is 0 Å². The normalized spacial score (nSPS) is 15.2. The molecular weight excluding hydrogens is 197 g/mol. The van der Waals surface area contributed by atoms with E-state index in [1.54, 1.807) is 6.92 Å². The van der Waals surface area contributed by atoms with Crippen LogP contribution in [0.2, 0.25) is 0 Å². The number of carbonyl (C=O) groups is 2. The number of hydrogen-bond donors (Lipinski definition) is 0. The first-order valence-corrected chi connectivity index (χ1v) is 4.42. The third-order valence-corrected chi connectivity index (χ3v) is 2.21. The van der Waals surface area contributed by atoms with Gasteiger partial charge in [-0.1, -0.05) is 0 Å². The lowest BCUT2D eigenvalue weighted by atomic mass is 10.2. The molecule has 0 saturated heterocycles. The van der Waals surface area contributed by atoms with Crippen molar-refractivity contribution in [1.82, 2.24) is 0 Å². The van der Waals surface area contributed by atoms with Gasteiger partial charge < -0.3 is 0 Å². The van der Waals surface area contributed by atoms with Crippen LogP contribution in [0, 0.1) is 12.7 Å². The van der Waals surface area contributed by atoms with E-state index in [9.17, 15) is 14.0 Å². The molecule has 1 aliphatic heterocycles. The highest BCUT2D eigenvalue weighted by Crippen LogP contribution is 2.23. The molecule has 0 fully saturated rings. The van der Waals surface area contributed by atoms with Crippen LogP contribution in [0.4, 0.5) is 10.1 Å². The maximum Gasteiger partial charge on any atom is 0.258 e. The SMILES string of the molecule is Cc1cc(F)ccc1N1C(=O)C=CC1=O. The highest BCUT2D eigenvalue weighted by Gasteiger charge is 2.26. The van der Waals surface area contributed by atoms with E-state index in [0.29, 0.717) is 11.3 Å². The lowest BCUT2D eigenvalue weighted by molar-refractivity contribution is -0.119. The lowest BCUT2D eigenvalue weighted by Gasteiger charge is -2.16. The Hall–Kier alpha value is -1.97. The van der Waals surface area contributed by atoms with E-state index in [4.69, 9.17) is 0 Å². The number of carbonyl (C=O) groups excluding carboxylic acids is 2. The molecule has 1 aromatic carbocycles. The van der Waals surface area contributed by atoms with Gasteiger partial charge in [-0.2, -0.15) is 0 Å². The van der Waals surface area contributed by atoms with Crippen molar-refractivity contribution >= 4 is 17.5 Å². The molecule has 0 saturated carbocycles. The summed E-state index contributed by atoms with van der Waals surface area (Å²) >= 11 is 0. The first kappa shape index (κ1) is 9.58. The minimum Gasteiger partial charge on any atom is -0.269 e. The van der Waals surface area contributed by atoms with Crippen molar-refractivity contribution in [2.45, 2.75) is 6.92 Å². The fraction of sp³-hybridized carbons (Fsp3) is 0.0909. The summed E-state index contributed by atoms with van der Waals surface area (Å²) in [6.45, 7) is 1.65. The molecular formula is C11H8FNO2. The second-order valence-electron chi connectivity index (χ2n) is 3.28. The predicted molar refractivity (Wildman–Crippen MR) is 52.8 cm³/mol. The van der Waals surface area contributed by atoms with Crippen molar-refractivity contribution < 1.29 is 14.0 Å². The summed E-state index contributed by atoms with van der Waals surface area (Å²) in [5.74, 6) is -1.17. The maximum atomic E-state index is 12.8. The third kappa shape index (κ3) is 1.54. The van der Waals surface area contributed by atoms with Crippen molar-refractivity contribution in [2.24, 2.45) is 0 Å². The van der Waals surface area contributed by atoms with Gasteiger partial charge in [0.05, 0.1) is 5.69 Å². The van der Waals surface area contributed by atoms with Gasteiger partial charge in [-0.3, -0.25) is 9.59 Å². The Balaban J connectivity index is 2.46. The number of halogens is 1. The summed E-state index contributed by atoms with van der Waals surface area (Å²) in [4.78, 5) is 23.7. The van der Waals surface area contributed by atoms with Gasteiger partial charge >= 0.3 is 0 Å². The van der Waals surface area contributed by atoms with Gasteiger partial charge in [0.25, 0.3) is 11.8 Å². The zero-order valence-corrected chi connectivity index (χ0v) is 8.03. The second-order valence-corrected chi connectivity index (χ2v) is 3.28. The largest absolute Gasteiger partial charge is 0.269 e. The molecule has 0 bridgehead atoms. The fourth-order valence-electron chi connectivity index (χ4n) is 1.51. The molecule has 1 aromatic rings. The Kier molecular flexibility index (Phi) is 2.11. The molecule has 15 heavy (non-hydrogen) atoms. The Morgan fingerprint density at radius 3 is 2.27 bits per heavy atom. The molecule has 0 spiro atoms. The van der Waals surface area contributed by atoms with Crippen molar-refractivity contribution in [3.8, 4) is 0 Å². The molecule has 1 heterocycles. The standard InChI is InChI=1S/C11H8FNO2/c1-7-6-8(12)2-3-9(7)13-10(14)4-5-11(13)15/h2-6H,1H3. The summed E-state index contributed by atoms with van der Waals surface area (Å²) in [5, 5.41) is 0. The summed E-state index contributed by atoms with van der Waals surface area (Å²) < 4.78 is 12.8. The highest BCUT2D eigenvalue weighted by atomic mass is 19.1. The number of nitrogens with zero attached hydrogens (tertiary/aromatic N) is 1. The predicted octanol–water partition coefficient (Wildman–Crippen LogP) is 1.56. The Bertz CT molecular complexity index is 461. The van der Waals surface area contributed by atoms with E-state index in [2.05, 4.69) is 0 Å². The van der Waals surface area contributed by atoms with Gasteiger partial charge in [0.15, 0.2) is 0 Å². The van der Waals surface area contributed by atoms with Crippen LogP contribution in [0.25, 0.3) is 0 Å². The highest BCUT2D eigenvalue weighted by molar-refractivity contribution is 6.28. The van der Waals surface area contributed by atoms with Crippen molar-refractivity contribution in [3.05, 3.63) is 41.7 Å². The van der Waals surface area contributed by atoms with Crippen molar-refractivity contribution in [2.75, 3.05) is 4.90 Å². The number of benzene rings is 1. The summed E-state index contributed by atoms with van der Waals surface area (Å²) in [6, 6.07) is 3.93. The summed E-state index contributed by atoms with van der Waals surface area (Å²) in [6.07, 6.45) is 2.40. The minimum absolute atomic E-state index is 0.386. The number of anilines is 1. The summed E-state index contributed by atoms with van der Waals surface area (Å²) in [5.41, 5.74) is 0.983. The van der Waals surface area contributed by atoms with Crippen molar-refractivity contribution in [3.63, 3.8) is 0 Å². The molecule has 76 valence electrons. The van der Waals surface area contributed by atoms with Crippen LogP contribution in [0.5, 0.6) is 0 Å². The zero-order valence-electron chi connectivity index (χ0n) is 8.03. The van der Waals surface area contributed by atoms with E-state index in [1.807, 2.05) is 0 Å². The molecule has 0 radical (unpaired) electrons. The Morgan fingerprint density at radius 2 is 1.73 bits per heavy atom. The van der Waals surface area contributed by atoms with E-state index < -0.39 is 11.8 Å². The number of aryl methyl sites for hydroxylation is 1. The Labute approximate surface area is 85.8 Å². The zero-order chi connectivity index (χ0) is 11.0. The summed E-state index contributed by atoms with van der Waals surface area (Å²) in [7, 11) is 0. The van der Waals surface area contributed by atoms with Crippen LogP contribution in [-0.2, 0) is 9.59 Å². The van der Waals surface area contributed by atoms with Crippen LogP contribution < -0.4 is 4.90 Å². The van der Waals surface area contributed by atoms with Crippen LogP contribution in [0.1, 0.15) is 5.56 Å².